The highest BCUT2D eigenvalue weighted by atomic mass is 28.4. The third-order valence-electron chi connectivity index (χ3n) is 16.9. The van der Waals surface area contributed by atoms with Gasteiger partial charge in [-0.2, -0.15) is 0 Å². The lowest BCUT2D eigenvalue weighted by Gasteiger charge is -2.64. The van der Waals surface area contributed by atoms with E-state index in [1.54, 1.807) is 0 Å². The van der Waals surface area contributed by atoms with Crippen LogP contribution in [0, 0.1) is 62.6 Å². The van der Waals surface area contributed by atoms with Crippen LogP contribution < -0.4 is 5.73 Å². The van der Waals surface area contributed by atoms with Gasteiger partial charge in [0.15, 0.2) is 8.32 Å². The molecule has 2 N–H and O–H groups in total. The molecule has 0 bridgehead atoms. The van der Waals surface area contributed by atoms with E-state index in [9.17, 15) is 4.79 Å². The van der Waals surface area contributed by atoms with Gasteiger partial charge in [-0.05, 0) is 127 Å². The minimum atomic E-state index is -1.96. The van der Waals surface area contributed by atoms with Crippen molar-refractivity contribution in [2.45, 2.75) is 170 Å². The van der Waals surface area contributed by atoms with Gasteiger partial charge in [0.2, 0.25) is 0 Å². The summed E-state index contributed by atoms with van der Waals surface area (Å²) in [6, 6.07) is 3.48. The third-order valence-corrected chi connectivity index (χ3v) is 21.5. The lowest BCUT2D eigenvalue weighted by Crippen LogP contribution is -2.60. The number of carbonyl (C=O) groups is 1. The van der Waals surface area contributed by atoms with Crippen molar-refractivity contribution in [1.29, 1.82) is 0 Å². The van der Waals surface area contributed by atoms with E-state index in [1.807, 2.05) is 0 Å². The Kier molecular flexibility index (Phi) is 8.11. The molecule has 252 valence electrons. The lowest BCUT2D eigenvalue weighted by molar-refractivity contribution is -0.177. The molecule has 6 heteroatoms. The van der Waals surface area contributed by atoms with Gasteiger partial charge in [-0.25, -0.2) is 4.79 Å². The maximum absolute atomic E-state index is 12.0. The summed E-state index contributed by atoms with van der Waals surface area (Å²) in [6.45, 7) is 27.0. The van der Waals surface area contributed by atoms with Crippen LogP contribution in [0.4, 0.5) is 4.79 Å². The minimum Gasteiger partial charge on any atom is -0.443 e. The number of primary amides is 1. The first-order chi connectivity index (χ1) is 20.5. The maximum Gasteiger partial charge on any atom is 0.404 e. The van der Waals surface area contributed by atoms with Crippen molar-refractivity contribution in [2.24, 2.45) is 68.3 Å². The van der Waals surface area contributed by atoms with E-state index < -0.39 is 14.4 Å². The Hall–Kier alpha value is -0.593. The normalized spacial score (nSPS) is 49.6. The molecule has 2 spiro atoms. The second-order valence-electron chi connectivity index (χ2n) is 18.4. The molecule has 1 saturated heterocycles. The summed E-state index contributed by atoms with van der Waals surface area (Å²) >= 11 is 0. The SMILES string of the molecule is CC[Si](CC)(CC)O[C@H]1[C@H]2O[C@@H]([C@H](OC(N)=O)C(C)C)C[C@@H](C)[C@@H]2[C@@]2(C)CC[C@@]34CC35CC[C@H](C)C(C)(C)[C@@H]5CC[C@H]4[C@]12C. The van der Waals surface area contributed by atoms with Crippen LogP contribution in [0.15, 0.2) is 0 Å². The summed E-state index contributed by atoms with van der Waals surface area (Å²) in [5.74, 6) is 3.44. The smallest absolute Gasteiger partial charge is 0.404 e. The van der Waals surface area contributed by atoms with Gasteiger partial charge in [0.05, 0.1) is 18.3 Å². The largest absolute Gasteiger partial charge is 0.443 e. The van der Waals surface area contributed by atoms with Crippen LogP contribution in [-0.4, -0.2) is 38.8 Å². The molecular formula is C38H67NO4Si. The first-order valence-corrected chi connectivity index (χ1v) is 21.4. The molecule has 1 aliphatic heterocycles. The molecule has 1 amide bonds. The second kappa shape index (κ2) is 10.7. The van der Waals surface area contributed by atoms with Gasteiger partial charge in [0, 0.05) is 5.41 Å². The fourth-order valence-electron chi connectivity index (χ4n) is 13.9. The lowest BCUT2D eigenvalue weighted by atomic mass is 9.41. The summed E-state index contributed by atoms with van der Waals surface area (Å²) in [4.78, 5) is 12.0. The van der Waals surface area contributed by atoms with Crippen LogP contribution in [-0.2, 0) is 13.9 Å². The molecule has 5 nitrogen and oxygen atoms in total. The van der Waals surface area contributed by atoms with Crippen molar-refractivity contribution in [3.63, 3.8) is 0 Å². The van der Waals surface area contributed by atoms with Gasteiger partial charge in [-0.15, -0.1) is 0 Å². The zero-order chi connectivity index (χ0) is 32.3. The highest BCUT2D eigenvalue weighted by molar-refractivity contribution is 6.73. The summed E-state index contributed by atoms with van der Waals surface area (Å²) in [7, 11) is -1.96. The Bertz CT molecular complexity index is 1110. The molecule has 44 heavy (non-hydrogen) atoms. The number of amides is 1. The van der Waals surface area contributed by atoms with Crippen molar-refractivity contribution in [1.82, 2.24) is 0 Å². The monoisotopic (exact) mass is 629 g/mol. The molecule has 13 atom stereocenters. The molecule has 5 saturated carbocycles. The minimum absolute atomic E-state index is 0.0402. The van der Waals surface area contributed by atoms with E-state index >= 15 is 0 Å². The number of nitrogens with two attached hydrogens (primary N) is 1. The molecule has 6 aliphatic rings. The standard InChI is InChI=1S/C38H67NO4Si/c1-12-44(13-2,14-3)43-32-31-29(24(6)21-26(41-31)30(23(4)5)42-33(39)40)35(10)19-20-38-22-37(38)18-17-25(7)34(8,9)27(37)15-16-28(38)36(32,35)11/h23-32H,12-22H2,1-11H3,(H2,39,40)/t24-,25+,26-,27+,28+,29+,30-,31+,32+,35-,36-,37?,38+/m1/s1. The summed E-state index contributed by atoms with van der Waals surface area (Å²) in [5, 5.41) is 0. The van der Waals surface area contributed by atoms with Crippen LogP contribution in [0.2, 0.25) is 18.1 Å². The third kappa shape index (κ3) is 4.16. The molecule has 0 aromatic heterocycles. The van der Waals surface area contributed by atoms with Gasteiger partial charge < -0.3 is 19.6 Å². The highest BCUT2D eigenvalue weighted by Gasteiger charge is 2.84. The molecule has 5 aliphatic carbocycles. The fraction of sp³-hybridized carbons (Fsp3) is 0.974. The van der Waals surface area contributed by atoms with Crippen molar-refractivity contribution in [3.05, 3.63) is 0 Å². The van der Waals surface area contributed by atoms with Gasteiger partial charge in [0.25, 0.3) is 0 Å². The molecule has 6 rings (SSSR count). The van der Waals surface area contributed by atoms with E-state index in [-0.39, 0.29) is 41.2 Å². The van der Waals surface area contributed by atoms with Crippen LogP contribution in [0.3, 0.4) is 0 Å². The number of rotatable bonds is 8. The van der Waals surface area contributed by atoms with Crippen LogP contribution in [0.5, 0.6) is 0 Å². The van der Waals surface area contributed by atoms with Crippen LogP contribution >= 0.6 is 0 Å². The van der Waals surface area contributed by atoms with Crippen molar-refractivity contribution >= 4 is 14.4 Å². The molecule has 0 aromatic rings. The molecular weight excluding hydrogens is 563 g/mol. The average molecular weight is 630 g/mol. The number of hydrogen-bond acceptors (Lipinski definition) is 4. The topological polar surface area (TPSA) is 70.8 Å². The second-order valence-corrected chi connectivity index (χ2v) is 23.2. The van der Waals surface area contributed by atoms with Gasteiger partial charge in [-0.1, -0.05) is 76.2 Å². The number of hydrogen-bond donors (Lipinski definition) is 1. The Morgan fingerprint density at radius 3 is 2.14 bits per heavy atom. The average Bonchev–Trinajstić information content (AvgIpc) is 3.59. The summed E-state index contributed by atoms with van der Waals surface area (Å²) < 4.78 is 21.0. The summed E-state index contributed by atoms with van der Waals surface area (Å²) in [6.07, 6.45) is 9.62. The van der Waals surface area contributed by atoms with Crippen molar-refractivity contribution in [2.75, 3.05) is 0 Å². The Balaban J connectivity index is 1.45. The number of fused-ring (bicyclic) bond motifs is 4. The van der Waals surface area contributed by atoms with Crippen LogP contribution in [0.25, 0.3) is 0 Å². The van der Waals surface area contributed by atoms with Gasteiger partial charge >= 0.3 is 6.09 Å². The molecule has 1 unspecified atom stereocenters. The fourth-order valence-corrected chi connectivity index (χ4v) is 16.8. The van der Waals surface area contributed by atoms with Crippen molar-refractivity contribution < 1.29 is 18.7 Å². The van der Waals surface area contributed by atoms with E-state index in [4.69, 9.17) is 19.6 Å². The van der Waals surface area contributed by atoms with E-state index in [1.165, 1.54) is 44.9 Å². The maximum atomic E-state index is 12.0. The predicted octanol–water partition coefficient (Wildman–Crippen LogP) is 9.59. The van der Waals surface area contributed by atoms with Crippen molar-refractivity contribution in [3.8, 4) is 0 Å². The van der Waals surface area contributed by atoms with E-state index in [0.717, 1.165) is 36.4 Å². The number of ether oxygens (including phenoxy) is 2. The number of carbonyl (C=O) groups excluding carboxylic acids is 1. The Morgan fingerprint density at radius 2 is 1.55 bits per heavy atom. The zero-order valence-corrected chi connectivity index (χ0v) is 31.3. The first kappa shape index (κ1) is 33.3. The highest BCUT2D eigenvalue weighted by Crippen LogP contribution is 2.89. The van der Waals surface area contributed by atoms with E-state index in [0.29, 0.717) is 34.0 Å². The Labute approximate surface area is 271 Å². The first-order valence-electron chi connectivity index (χ1n) is 18.8. The molecule has 6 fully saturated rings. The predicted molar refractivity (Wildman–Crippen MR) is 181 cm³/mol. The van der Waals surface area contributed by atoms with E-state index in [2.05, 4.69) is 76.2 Å². The molecule has 0 radical (unpaired) electrons. The quantitative estimate of drug-likeness (QED) is 0.271. The zero-order valence-electron chi connectivity index (χ0n) is 30.3. The molecule has 0 aromatic carbocycles. The summed E-state index contributed by atoms with van der Waals surface area (Å²) in [5.41, 5.74) is 7.30. The Morgan fingerprint density at radius 1 is 0.932 bits per heavy atom. The molecule has 1 heterocycles. The van der Waals surface area contributed by atoms with Gasteiger partial charge in [0.1, 0.15) is 6.10 Å². The van der Waals surface area contributed by atoms with Gasteiger partial charge in [-0.3, -0.25) is 0 Å². The van der Waals surface area contributed by atoms with Crippen LogP contribution in [0.1, 0.15) is 128 Å².